The number of aryl methyl sites for hydroxylation is 1. The molecule has 0 fully saturated rings. The van der Waals surface area contributed by atoms with Crippen molar-refractivity contribution >= 4 is 17.2 Å². The van der Waals surface area contributed by atoms with Gasteiger partial charge in [0.15, 0.2) is 0 Å². The lowest BCUT2D eigenvalue weighted by molar-refractivity contribution is -0.120. The summed E-state index contributed by atoms with van der Waals surface area (Å²) >= 11 is 1.69. The van der Waals surface area contributed by atoms with Gasteiger partial charge in [-0.3, -0.25) is 10.1 Å². The average molecular weight is 381 g/mol. The summed E-state index contributed by atoms with van der Waals surface area (Å²) in [5, 5.41) is 8.41. The van der Waals surface area contributed by atoms with Crippen LogP contribution in [0.5, 0.6) is 5.75 Å². The van der Waals surface area contributed by atoms with Crippen LogP contribution in [0.2, 0.25) is 0 Å². The quantitative estimate of drug-likeness (QED) is 0.620. The molecule has 0 spiro atoms. The molecule has 0 saturated heterocycles. The maximum absolute atomic E-state index is 12.3. The van der Waals surface area contributed by atoms with Crippen molar-refractivity contribution in [2.75, 3.05) is 13.7 Å². The van der Waals surface area contributed by atoms with E-state index in [1.807, 2.05) is 30.3 Å². The van der Waals surface area contributed by atoms with Crippen LogP contribution in [-0.2, 0) is 11.3 Å². The average Bonchev–Trinajstić information content (AvgIpc) is 3.23. The van der Waals surface area contributed by atoms with E-state index in [9.17, 15) is 4.79 Å². The van der Waals surface area contributed by atoms with Crippen LogP contribution in [0.1, 0.15) is 27.6 Å². The molecule has 0 bridgehead atoms. The van der Waals surface area contributed by atoms with Crippen molar-refractivity contribution in [2.45, 2.75) is 19.5 Å². The minimum Gasteiger partial charge on any atom is -0.497 e. The van der Waals surface area contributed by atoms with Crippen molar-refractivity contribution in [1.82, 2.24) is 10.6 Å². The molecule has 4 nitrogen and oxygen atoms in total. The summed E-state index contributed by atoms with van der Waals surface area (Å²) < 4.78 is 5.15. The van der Waals surface area contributed by atoms with Crippen molar-refractivity contribution < 1.29 is 9.53 Å². The van der Waals surface area contributed by atoms with Crippen LogP contribution in [0.3, 0.4) is 0 Å². The Bertz CT molecular complexity index is 843. The molecule has 0 aliphatic carbocycles. The van der Waals surface area contributed by atoms with E-state index in [2.05, 4.69) is 53.3 Å². The van der Waals surface area contributed by atoms with Gasteiger partial charge in [0.2, 0.25) is 5.91 Å². The first kappa shape index (κ1) is 19.1. The second-order valence-corrected chi connectivity index (χ2v) is 7.34. The standard InChI is InChI=1S/C22H24N2O2S/c1-16-5-9-18(10-6-16)22(20-4-3-13-27-20)24-15-21(25)23-14-17-7-11-19(26-2)12-8-17/h3-13,22,24H,14-15H2,1-2H3,(H,23,25)/t22-/m0/s1. The smallest absolute Gasteiger partial charge is 0.234 e. The predicted molar refractivity (Wildman–Crippen MR) is 110 cm³/mol. The first-order valence-corrected chi connectivity index (χ1v) is 9.76. The molecule has 2 aromatic carbocycles. The largest absolute Gasteiger partial charge is 0.497 e. The molecular weight excluding hydrogens is 356 g/mol. The molecule has 1 heterocycles. The fraction of sp³-hybridized carbons (Fsp3) is 0.227. The fourth-order valence-corrected chi connectivity index (χ4v) is 3.63. The summed E-state index contributed by atoms with van der Waals surface area (Å²) in [7, 11) is 1.64. The third-order valence-electron chi connectivity index (χ3n) is 4.35. The van der Waals surface area contributed by atoms with E-state index in [0.717, 1.165) is 16.9 Å². The molecule has 0 aliphatic rings. The Morgan fingerprint density at radius 2 is 1.81 bits per heavy atom. The number of methoxy groups -OCH3 is 1. The van der Waals surface area contributed by atoms with Crippen molar-refractivity contribution in [2.24, 2.45) is 0 Å². The normalized spacial score (nSPS) is 11.8. The maximum Gasteiger partial charge on any atom is 0.234 e. The van der Waals surface area contributed by atoms with Crippen molar-refractivity contribution in [3.05, 3.63) is 87.6 Å². The Labute approximate surface area is 164 Å². The SMILES string of the molecule is COc1ccc(CNC(=O)CN[C@@H](c2ccc(C)cc2)c2cccs2)cc1. The van der Waals surface area contributed by atoms with E-state index in [1.54, 1.807) is 18.4 Å². The third-order valence-corrected chi connectivity index (χ3v) is 5.29. The number of thiophene rings is 1. The summed E-state index contributed by atoms with van der Waals surface area (Å²) in [5.74, 6) is 0.781. The molecule has 27 heavy (non-hydrogen) atoms. The van der Waals surface area contributed by atoms with E-state index in [0.29, 0.717) is 6.54 Å². The van der Waals surface area contributed by atoms with Gasteiger partial charge < -0.3 is 10.1 Å². The highest BCUT2D eigenvalue weighted by Gasteiger charge is 2.16. The van der Waals surface area contributed by atoms with E-state index in [-0.39, 0.29) is 18.5 Å². The molecule has 1 amide bonds. The molecular formula is C22H24N2O2S. The molecule has 3 aromatic rings. The van der Waals surface area contributed by atoms with E-state index in [1.165, 1.54) is 10.4 Å². The van der Waals surface area contributed by atoms with E-state index >= 15 is 0 Å². The van der Waals surface area contributed by atoms with Crippen LogP contribution in [-0.4, -0.2) is 19.6 Å². The van der Waals surface area contributed by atoms with Gasteiger partial charge in [-0.15, -0.1) is 11.3 Å². The van der Waals surface area contributed by atoms with Gasteiger partial charge in [-0.25, -0.2) is 0 Å². The number of hydrogen-bond donors (Lipinski definition) is 2. The second-order valence-electron chi connectivity index (χ2n) is 6.36. The highest BCUT2D eigenvalue weighted by molar-refractivity contribution is 7.10. The monoisotopic (exact) mass is 380 g/mol. The van der Waals surface area contributed by atoms with Crippen LogP contribution in [0.25, 0.3) is 0 Å². The first-order chi connectivity index (χ1) is 13.2. The summed E-state index contributed by atoms with van der Waals surface area (Å²) in [6, 6.07) is 20.3. The molecule has 0 saturated carbocycles. The van der Waals surface area contributed by atoms with Crippen molar-refractivity contribution in [3.63, 3.8) is 0 Å². The number of ether oxygens (including phenoxy) is 1. The zero-order valence-electron chi connectivity index (χ0n) is 15.6. The highest BCUT2D eigenvalue weighted by atomic mass is 32.1. The molecule has 0 unspecified atom stereocenters. The maximum atomic E-state index is 12.3. The number of benzene rings is 2. The van der Waals surface area contributed by atoms with E-state index in [4.69, 9.17) is 4.74 Å². The minimum absolute atomic E-state index is 0.0114. The Balaban J connectivity index is 1.57. The van der Waals surface area contributed by atoms with Crippen LogP contribution in [0.15, 0.2) is 66.0 Å². The van der Waals surface area contributed by atoms with Gasteiger partial charge in [0.05, 0.1) is 19.7 Å². The topological polar surface area (TPSA) is 50.4 Å². The van der Waals surface area contributed by atoms with Crippen molar-refractivity contribution in [1.29, 1.82) is 0 Å². The lowest BCUT2D eigenvalue weighted by Crippen LogP contribution is -2.35. The summed E-state index contributed by atoms with van der Waals surface area (Å²) in [4.78, 5) is 13.5. The lowest BCUT2D eigenvalue weighted by Gasteiger charge is -2.18. The lowest BCUT2D eigenvalue weighted by atomic mass is 10.0. The van der Waals surface area contributed by atoms with E-state index < -0.39 is 0 Å². The third kappa shape index (κ3) is 5.42. The van der Waals surface area contributed by atoms with Gasteiger partial charge in [0, 0.05) is 11.4 Å². The molecule has 0 radical (unpaired) electrons. The number of rotatable bonds is 8. The van der Waals surface area contributed by atoms with Crippen LogP contribution in [0.4, 0.5) is 0 Å². The Morgan fingerprint density at radius 1 is 1.07 bits per heavy atom. The highest BCUT2D eigenvalue weighted by Crippen LogP contribution is 2.26. The molecule has 0 aliphatic heterocycles. The molecule has 140 valence electrons. The first-order valence-electron chi connectivity index (χ1n) is 8.88. The van der Waals surface area contributed by atoms with Gasteiger partial charge in [-0.1, -0.05) is 48.0 Å². The molecule has 1 aromatic heterocycles. The molecule has 2 N–H and O–H groups in total. The second kappa shape index (κ2) is 9.35. The zero-order valence-corrected chi connectivity index (χ0v) is 16.4. The number of hydrogen-bond acceptors (Lipinski definition) is 4. The van der Waals surface area contributed by atoms with Crippen LogP contribution < -0.4 is 15.4 Å². The minimum atomic E-state index is -0.0283. The van der Waals surface area contributed by atoms with Gasteiger partial charge in [0.25, 0.3) is 0 Å². The van der Waals surface area contributed by atoms with Crippen LogP contribution >= 0.6 is 11.3 Å². The summed E-state index contributed by atoms with van der Waals surface area (Å²) in [5.41, 5.74) is 3.42. The summed E-state index contributed by atoms with van der Waals surface area (Å²) in [6.07, 6.45) is 0. The van der Waals surface area contributed by atoms with Crippen molar-refractivity contribution in [3.8, 4) is 5.75 Å². The zero-order chi connectivity index (χ0) is 19.1. The molecule has 3 rings (SSSR count). The molecule has 1 atom stereocenters. The molecule has 5 heteroatoms. The number of amides is 1. The number of carbonyl (C=O) groups is 1. The van der Waals surface area contributed by atoms with Gasteiger partial charge >= 0.3 is 0 Å². The van der Waals surface area contributed by atoms with Gasteiger partial charge in [-0.05, 0) is 41.6 Å². The van der Waals surface area contributed by atoms with Crippen LogP contribution in [0, 0.1) is 6.92 Å². The Morgan fingerprint density at radius 3 is 2.44 bits per heavy atom. The number of carbonyl (C=O) groups excluding carboxylic acids is 1. The van der Waals surface area contributed by atoms with Gasteiger partial charge in [-0.2, -0.15) is 0 Å². The Hall–Kier alpha value is -2.63. The number of nitrogens with one attached hydrogen (secondary N) is 2. The summed E-state index contributed by atoms with van der Waals surface area (Å²) in [6.45, 7) is 2.83. The fourth-order valence-electron chi connectivity index (χ4n) is 2.80. The predicted octanol–water partition coefficient (Wildman–Crippen LogP) is 4.06. The van der Waals surface area contributed by atoms with Gasteiger partial charge in [0.1, 0.15) is 5.75 Å². The Kier molecular flexibility index (Phi) is 6.63.